The molecular formula is C19H22N2O2S. The molecular weight excluding hydrogens is 320 g/mol. The van der Waals surface area contributed by atoms with Crippen molar-refractivity contribution in [3.05, 3.63) is 54.6 Å². The van der Waals surface area contributed by atoms with Crippen molar-refractivity contribution in [2.24, 2.45) is 0 Å². The summed E-state index contributed by atoms with van der Waals surface area (Å²) in [5.41, 5.74) is 3.24. The standard InChI is InChI=1S/C19H22N2O2S/c1-19(2)22-13-15(23-19)12-20-18(24)21-17-11-7-6-10-16(17)14-8-4-3-5-9-14/h3-11,15H,12-13H2,1-2H3,(H2,20,21,24). The Morgan fingerprint density at radius 3 is 2.54 bits per heavy atom. The zero-order valence-corrected chi connectivity index (χ0v) is 14.7. The Hall–Kier alpha value is -1.95. The summed E-state index contributed by atoms with van der Waals surface area (Å²) in [6, 6.07) is 18.4. The highest BCUT2D eigenvalue weighted by Gasteiger charge is 2.32. The summed E-state index contributed by atoms with van der Waals surface area (Å²) in [5.74, 6) is -0.513. The minimum Gasteiger partial charge on any atom is -0.360 e. The number of para-hydroxylation sites is 1. The monoisotopic (exact) mass is 342 g/mol. The van der Waals surface area contributed by atoms with E-state index < -0.39 is 5.79 Å². The van der Waals surface area contributed by atoms with Crippen molar-refractivity contribution in [3.8, 4) is 11.1 Å². The molecule has 126 valence electrons. The van der Waals surface area contributed by atoms with Gasteiger partial charge in [-0.15, -0.1) is 0 Å². The van der Waals surface area contributed by atoms with Crippen LogP contribution in [0.15, 0.2) is 54.6 Å². The van der Waals surface area contributed by atoms with Crippen LogP contribution >= 0.6 is 12.2 Å². The van der Waals surface area contributed by atoms with Gasteiger partial charge in [0.1, 0.15) is 6.10 Å². The molecule has 2 aromatic rings. The van der Waals surface area contributed by atoms with Crippen LogP contribution in [0.4, 0.5) is 5.69 Å². The summed E-state index contributed by atoms with van der Waals surface area (Å²) < 4.78 is 11.3. The zero-order chi connectivity index (χ0) is 17.0. The topological polar surface area (TPSA) is 42.5 Å². The van der Waals surface area contributed by atoms with Gasteiger partial charge in [-0.2, -0.15) is 0 Å². The van der Waals surface area contributed by atoms with E-state index in [0.29, 0.717) is 18.3 Å². The molecule has 1 unspecified atom stereocenters. The van der Waals surface area contributed by atoms with Gasteiger partial charge in [-0.25, -0.2) is 0 Å². The maximum Gasteiger partial charge on any atom is 0.170 e. The molecule has 2 N–H and O–H groups in total. The van der Waals surface area contributed by atoms with Crippen LogP contribution in [0.2, 0.25) is 0 Å². The number of rotatable bonds is 4. The Morgan fingerprint density at radius 1 is 1.12 bits per heavy atom. The molecule has 0 aliphatic carbocycles. The lowest BCUT2D eigenvalue weighted by molar-refractivity contribution is -0.137. The van der Waals surface area contributed by atoms with Crippen molar-refractivity contribution in [1.82, 2.24) is 5.32 Å². The number of thiocarbonyl (C=S) groups is 1. The van der Waals surface area contributed by atoms with Crippen LogP contribution in [0.5, 0.6) is 0 Å². The van der Waals surface area contributed by atoms with E-state index in [1.807, 2.05) is 50.2 Å². The van der Waals surface area contributed by atoms with E-state index in [9.17, 15) is 0 Å². The number of ether oxygens (including phenoxy) is 2. The lowest BCUT2D eigenvalue weighted by atomic mass is 10.0. The van der Waals surface area contributed by atoms with E-state index in [4.69, 9.17) is 21.7 Å². The zero-order valence-electron chi connectivity index (χ0n) is 13.9. The predicted molar refractivity (Wildman–Crippen MR) is 101 cm³/mol. The van der Waals surface area contributed by atoms with Crippen molar-refractivity contribution in [2.75, 3.05) is 18.5 Å². The lowest BCUT2D eigenvalue weighted by Crippen LogP contribution is -2.36. The Balaban J connectivity index is 1.61. The molecule has 1 fully saturated rings. The number of nitrogens with one attached hydrogen (secondary N) is 2. The first-order chi connectivity index (χ1) is 11.5. The van der Waals surface area contributed by atoms with E-state index in [-0.39, 0.29) is 6.10 Å². The second kappa shape index (κ2) is 7.30. The molecule has 24 heavy (non-hydrogen) atoms. The van der Waals surface area contributed by atoms with Crippen LogP contribution in [0, 0.1) is 0 Å². The Bertz CT molecular complexity index is 704. The number of hydrogen-bond donors (Lipinski definition) is 2. The fourth-order valence-corrected chi connectivity index (χ4v) is 2.89. The number of hydrogen-bond acceptors (Lipinski definition) is 3. The van der Waals surface area contributed by atoms with Gasteiger partial charge in [0.15, 0.2) is 10.9 Å². The fourth-order valence-electron chi connectivity index (χ4n) is 2.70. The first-order valence-corrected chi connectivity index (χ1v) is 8.45. The summed E-state index contributed by atoms with van der Waals surface area (Å²) in [7, 11) is 0. The second-order valence-corrected chi connectivity index (χ2v) is 6.61. The van der Waals surface area contributed by atoms with Crippen LogP contribution in [0.3, 0.4) is 0 Å². The van der Waals surface area contributed by atoms with Gasteiger partial charge in [0.2, 0.25) is 0 Å². The highest BCUT2D eigenvalue weighted by molar-refractivity contribution is 7.80. The van der Waals surface area contributed by atoms with Gasteiger partial charge in [0, 0.05) is 17.8 Å². The molecule has 1 heterocycles. The van der Waals surface area contributed by atoms with E-state index in [0.717, 1.165) is 16.8 Å². The normalized spacial score (nSPS) is 19.0. The van der Waals surface area contributed by atoms with Crippen molar-refractivity contribution in [2.45, 2.75) is 25.7 Å². The largest absolute Gasteiger partial charge is 0.360 e. The molecule has 1 aliphatic heterocycles. The third-order valence-corrected chi connectivity index (χ3v) is 4.06. The molecule has 0 aromatic heterocycles. The van der Waals surface area contributed by atoms with Gasteiger partial charge in [0.05, 0.1) is 6.61 Å². The van der Waals surface area contributed by atoms with E-state index in [1.165, 1.54) is 0 Å². The summed E-state index contributed by atoms with van der Waals surface area (Å²) in [4.78, 5) is 0. The molecule has 0 bridgehead atoms. The van der Waals surface area contributed by atoms with Gasteiger partial charge >= 0.3 is 0 Å². The molecule has 0 saturated carbocycles. The van der Waals surface area contributed by atoms with E-state index >= 15 is 0 Å². The first-order valence-electron chi connectivity index (χ1n) is 8.04. The van der Waals surface area contributed by atoms with Crippen LogP contribution in [0.1, 0.15) is 13.8 Å². The Morgan fingerprint density at radius 2 is 1.83 bits per heavy atom. The van der Waals surface area contributed by atoms with Crippen LogP contribution < -0.4 is 10.6 Å². The SMILES string of the molecule is CC1(C)OCC(CNC(=S)Nc2ccccc2-c2ccccc2)O1. The van der Waals surface area contributed by atoms with Gasteiger partial charge in [-0.1, -0.05) is 48.5 Å². The van der Waals surface area contributed by atoms with Gasteiger partial charge < -0.3 is 20.1 Å². The first kappa shape index (κ1) is 16.9. The predicted octanol–water partition coefficient (Wildman–Crippen LogP) is 3.79. The molecule has 1 atom stereocenters. The fraction of sp³-hybridized carbons (Fsp3) is 0.316. The van der Waals surface area contributed by atoms with Crippen LogP contribution in [0.25, 0.3) is 11.1 Å². The Labute approximate surface area is 148 Å². The smallest absolute Gasteiger partial charge is 0.170 e. The second-order valence-electron chi connectivity index (χ2n) is 6.20. The molecule has 2 aromatic carbocycles. The summed E-state index contributed by atoms with van der Waals surface area (Å²) in [6.07, 6.45) is 0.00381. The minimum absolute atomic E-state index is 0.00381. The van der Waals surface area contributed by atoms with Gasteiger partial charge in [-0.3, -0.25) is 0 Å². The van der Waals surface area contributed by atoms with Crippen LogP contribution in [-0.2, 0) is 9.47 Å². The van der Waals surface area contributed by atoms with Gasteiger partial charge in [-0.05, 0) is 37.7 Å². The third kappa shape index (κ3) is 4.32. The van der Waals surface area contributed by atoms with Crippen molar-refractivity contribution in [1.29, 1.82) is 0 Å². The highest BCUT2D eigenvalue weighted by Crippen LogP contribution is 2.27. The minimum atomic E-state index is -0.513. The van der Waals surface area contributed by atoms with Crippen LogP contribution in [-0.4, -0.2) is 30.2 Å². The van der Waals surface area contributed by atoms with Gasteiger partial charge in [0.25, 0.3) is 0 Å². The number of anilines is 1. The molecule has 0 amide bonds. The summed E-state index contributed by atoms with van der Waals surface area (Å²) >= 11 is 5.42. The molecule has 0 spiro atoms. The lowest BCUT2D eigenvalue weighted by Gasteiger charge is -2.18. The van der Waals surface area contributed by atoms with E-state index in [1.54, 1.807) is 0 Å². The number of benzene rings is 2. The van der Waals surface area contributed by atoms with E-state index in [2.05, 4.69) is 28.8 Å². The quantitative estimate of drug-likeness (QED) is 0.828. The third-order valence-electron chi connectivity index (χ3n) is 3.82. The van der Waals surface area contributed by atoms with Crippen molar-refractivity contribution in [3.63, 3.8) is 0 Å². The Kier molecular flexibility index (Phi) is 5.14. The van der Waals surface area contributed by atoms with Crippen molar-refractivity contribution < 1.29 is 9.47 Å². The highest BCUT2D eigenvalue weighted by atomic mass is 32.1. The molecule has 5 heteroatoms. The summed E-state index contributed by atoms with van der Waals surface area (Å²) in [6.45, 7) is 5.02. The molecule has 1 saturated heterocycles. The maximum absolute atomic E-state index is 5.77. The average Bonchev–Trinajstić information content (AvgIpc) is 2.93. The maximum atomic E-state index is 5.77. The molecule has 0 radical (unpaired) electrons. The molecule has 4 nitrogen and oxygen atoms in total. The molecule has 3 rings (SSSR count). The van der Waals surface area contributed by atoms with Crippen molar-refractivity contribution >= 4 is 23.0 Å². The summed E-state index contributed by atoms with van der Waals surface area (Å²) in [5, 5.41) is 7.06. The average molecular weight is 342 g/mol. The molecule has 1 aliphatic rings.